The van der Waals surface area contributed by atoms with Gasteiger partial charge in [-0.05, 0) is 36.8 Å². The first-order valence-electron chi connectivity index (χ1n) is 8.40. The molecule has 0 aliphatic carbocycles. The fourth-order valence-corrected chi connectivity index (χ4v) is 3.13. The molecule has 1 saturated heterocycles. The van der Waals surface area contributed by atoms with Crippen LogP contribution in [0.2, 0.25) is 0 Å². The van der Waals surface area contributed by atoms with Crippen LogP contribution in [0, 0.1) is 11.7 Å². The summed E-state index contributed by atoms with van der Waals surface area (Å²) in [6.45, 7) is 5.66. The van der Waals surface area contributed by atoms with Gasteiger partial charge in [-0.25, -0.2) is 4.39 Å². The second-order valence-electron chi connectivity index (χ2n) is 6.27. The van der Waals surface area contributed by atoms with Crippen LogP contribution in [0.15, 0.2) is 42.7 Å². The molecule has 1 aromatic heterocycles. The average Bonchev–Trinajstić information content (AvgIpc) is 2.97. The van der Waals surface area contributed by atoms with E-state index in [1.54, 1.807) is 23.0 Å². The highest BCUT2D eigenvalue weighted by molar-refractivity contribution is 5.78. The fraction of sp³-hybridized carbons (Fsp3) is 0.444. The van der Waals surface area contributed by atoms with Crippen LogP contribution in [-0.2, 0) is 11.3 Å². The van der Waals surface area contributed by atoms with Crippen molar-refractivity contribution in [3.63, 3.8) is 0 Å². The van der Waals surface area contributed by atoms with Crippen molar-refractivity contribution in [3.05, 3.63) is 48.5 Å². The van der Waals surface area contributed by atoms with Gasteiger partial charge < -0.3 is 9.80 Å². The molecule has 1 atom stereocenters. The molecule has 1 amide bonds. The highest BCUT2D eigenvalue weighted by Gasteiger charge is 2.23. The standard InChI is InChI=1S/C18H23FN4O/c1-15(14-23-11-2-8-20-23)18(24)22-10-3-9-21(12-13-22)17-6-4-16(19)5-7-17/h2,4-8,11,15H,3,9-10,12-14H2,1H3. The number of carbonyl (C=O) groups excluding carboxylic acids is 1. The summed E-state index contributed by atoms with van der Waals surface area (Å²) in [7, 11) is 0. The van der Waals surface area contributed by atoms with Gasteiger partial charge in [0.2, 0.25) is 5.91 Å². The van der Waals surface area contributed by atoms with Crippen molar-refractivity contribution in [1.82, 2.24) is 14.7 Å². The zero-order valence-corrected chi connectivity index (χ0v) is 13.9. The van der Waals surface area contributed by atoms with Crippen molar-refractivity contribution < 1.29 is 9.18 Å². The fourth-order valence-electron chi connectivity index (χ4n) is 3.13. The number of halogens is 1. The molecule has 0 bridgehead atoms. The molecule has 1 fully saturated rings. The largest absolute Gasteiger partial charge is 0.370 e. The first kappa shape index (κ1) is 16.5. The molecule has 2 aromatic rings. The highest BCUT2D eigenvalue weighted by Crippen LogP contribution is 2.18. The SMILES string of the molecule is CC(Cn1cccn1)C(=O)N1CCCN(c2ccc(F)cc2)CC1. The maximum absolute atomic E-state index is 13.1. The minimum Gasteiger partial charge on any atom is -0.370 e. The summed E-state index contributed by atoms with van der Waals surface area (Å²) in [4.78, 5) is 16.8. The molecule has 24 heavy (non-hydrogen) atoms. The first-order chi connectivity index (χ1) is 11.6. The molecule has 5 nitrogen and oxygen atoms in total. The minimum atomic E-state index is -0.224. The second-order valence-corrected chi connectivity index (χ2v) is 6.27. The van der Waals surface area contributed by atoms with E-state index in [2.05, 4.69) is 10.00 Å². The predicted molar refractivity (Wildman–Crippen MR) is 91.2 cm³/mol. The van der Waals surface area contributed by atoms with E-state index in [0.29, 0.717) is 13.1 Å². The third-order valence-corrected chi connectivity index (χ3v) is 4.44. The number of benzene rings is 1. The Kier molecular flexibility index (Phi) is 5.13. The van der Waals surface area contributed by atoms with Crippen molar-refractivity contribution in [2.45, 2.75) is 19.9 Å². The molecule has 1 aliphatic heterocycles. The number of hydrogen-bond donors (Lipinski definition) is 0. The second kappa shape index (κ2) is 7.47. The van der Waals surface area contributed by atoms with E-state index in [-0.39, 0.29) is 17.6 Å². The van der Waals surface area contributed by atoms with Gasteiger partial charge in [0.15, 0.2) is 0 Å². The number of hydrogen-bond acceptors (Lipinski definition) is 3. The third kappa shape index (κ3) is 3.93. The van der Waals surface area contributed by atoms with Crippen molar-refractivity contribution in [2.75, 3.05) is 31.1 Å². The van der Waals surface area contributed by atoms with Crippen LogP contribution in [-0.4, -0.2) is 46.8 Å². The van der Waals surface area contributed by atoms with Crippen molar-refractivity contribution in [2.24, 2.45) is 5.92 Å². The van der Waals surface area contributed by atoms with Crippen molar-refractivity contribution in [3.8, 4) is 0 Å². The smallest absolute Gasteiger partial charge is 0.227 e. The normalized spacial score (nSPS) is 16.8. The van der Waals surface area contributed by atoms with Gasteiger partial charge in [0.05, 0.1) is 12.5 Å². The zero-order valence-electron chi connectivity index (χ0n) is 13.9. The van der Waals surface area contributed by atoms with E-state index in [1.165, 1.54) is 12.1 Å². The van der Waals surface area contributed by atoms with Crippen LogP contribution < -0.4 is 4.90 Å². The van der Waals surface area contributed by atoms with Crippen LogP contribution >= 0.6 is 0 Å². The van der Waals surface area contributed by atoms with Gasteiger partial charge in [0.1, 0.15) is 5.82 Å². The Morgan fingerprint density at radius 3 is 2.71 bits per heavy atom. The van der Waals surface area contributed by atoms with Crippen molar-refractivity contribution in [1.29, 1.82) is 0 Å². The number of aromatic nitrogens is 2. The Labute approximate surface area is 141 Å². The molecule has 0 saturated carbocycles. The molecule has 0 N–H and O–H groups in total. The monoisotopic (exact) mass is 330 g/mol. The van der Waals surface area contributed by atoms with Crippen LogP contribution in [0.4, 0.5) is 10.1 Å². The van der Waals surface area contributed by atoms with Gasteiger partial charge in [-0.1, -0.05) is 6.92 Å². The summed E-state index contributed by atoms with van der Waals surface area (Å²) in [5.41, 5.74) is 1.01. The van der Waals surface area contributed by atoms with Gasteiger partial charge in [-0.2, -0.15) is 5.10 Å². The van der Waals surface area contributed by atoms with E-state index in [4.69, 9.17) is 0 Å². The van der Waals surface area contributed by atoms with Crippen molar-refractivity contribution >= 4 is 11.6 Å². The third-order valence-electron chi connectivity index (χ3n) is 4.44. The minimum absolute atomic E-state index is 0.0951. The van der Waals surface area contributed by atoms with Crippen LogP contribution in [0.3, 0.4) is 0 Å². The van der Waals surface area contributed by atoms with Gasteiger partial charge in [-0.15, -0.1) is 0 Å². The van der Waals surface area contributed by atoms with Gasteiger partial charge in [-0.3, -0.25) is 9.48 Å². The van der Waals surface area contributed by atoms with Gasteiger partial charge >= 0.3 is 0 Å². The molecule has 0 radical (unpaired) electrons. The van der Waals surface area contributed by atoms with E-state index in [0.717, 1.165) is 31.7 Å². The van der Waals surface area contributed by atoms with E-state index in [9.17, 15) is 9.18 Å². The molecular formula is C18H23FN4O. The summed E-state index contributed by atoms with van der Waals surface area (Å²) < 4.78 is 14.9. The van der Waals surface area contributed by atoms with Gasteiger partial charge in [0.25, 0.3) is 0 Å². The number of rotatable bonds is 4. The lowest BCUT2D eigenvalue weighted by Gasteiger charge is -2.25. The predicted octanol–water partition coefficient (Wildman–Crippen LogP) is 2.40. The Bertz CT molecular complexity index is 656. The molecule has 1 aromatic carbocycles. The van der Waals surface area contributed by atoms with E-state index < -0.39 is 0 Å². The van der Waals surface area contributed by atoms with E-state index >= 15 is 0 Å². The number of anilines is 1. The Balaban J connectivity index is 1.58. The average molecular weight is 330 g/mol. The Hall–Kier alpha value is -2.37. The molecule has 1 aliphatic rings. The number of carbonyl (C=O) groups is 1. The van der Waals surface area contributed by atoms with Crippen LogP contribution in [0.1, 0.15) is 13.3 Å². The number of amides is 1. The molecule has 128 valence electrons. The molecule has 6 heteroatoms. The quantitative estimate of drug-likeness (QED) is 0.864. The molecule has 3 rings (SSSR count). The summed E-state index contributed by atoms with van der Waals surface area (Å²) in [5, 5.41) is 4.17. The summed E-state index contributed by atoms with van der Waals surface area (Å²) in [6, 6.07) is 8.43. The lowest BCUT2D eigenvalue weighted by molar-refractivity contribution is -0.135. The lowest BCUT2D eigenvalue weighted by atomic mass is 10.1. The summed E-state index contributed by atoms with van der Waals surface area (Å²) in [5.74, 6) is -0.147. The molecule has 0 spiro atoms. The Morgan fingerprint density at radius 2 is 2.00 bits per heavy atom. The lowest BCUT2D eigenvalue weighted by Crippen LogP contribution is -2.39. The molecule has 2 heterocycles. The highest BCUT2D eigenvalue weighted by atomic mass is 19.1. The topological polar surface area (TPSA) is 41.4 Å². The maximum Gasteiger partial charge on any atom is 0.227 e. The molecule has 1 unspecified atom stereocenters. The zero-order chi connectivity index (χ0) is 16.9. The molecular weight excluding hydrogens is 307 g/mol. The summed E-state index contributed by atoms with van der Waals surface area (Å²) >= 11 is 0. The first-order valence-corrected chi connectivity index (χ1v) is 8.40. The van der Waals surface area contributed by atoms with E-state index in [1.807, 2.05) is 24.1 Å². The van der Waals surface area contributed by atoms with Gasteiger partial charge in [0, 0.05) is 44.3 Å². The van der Waals surface area contributed by atoms with Crippen LogP contribution in [0.5, 0.6) is 0 Å². The number of nitrogens with zero attached hydrogens (tertiary/aromatic N) is 4. The summed E-state index contributed by atoms with van der Waals surface area (Å²) in [6.07, 6.45) is 4.52. The van der Waals surface area contributed by atoms with Crippen LogP contribution in [0.25, 0.3) is 0 Å². The maximum atomic E-state index is 13.1. The Morgan fingerprint density at radius 1 is 1.21 bits per heavy atom.